The molecule has 1 aromatic heterocycles. The molecule has 1 heterocycles. The SMILES string of the molecule is CNc1nc(CNC(=O)c2ccccc2)cs1. The van der Waals surface area contributed by atoms with Gasteiger partial charge in [-0.2, -0.15) is 0 Å². The molecule has 0 aliphatic carbocycles. The van der Waals surface area contributed by atoms with Crippen LogP contribution in [0.5, 0.6) is 0 Å². The number of rotatable bonds is 4. The summed E-state index contributed by atoms with van der Waals surface area (Å²) < 4.78 is 0. The van der Waals surface area contributed by atoms with E-state index < -0.39 is 0 Å². The second kappa shape index (κ2) is 5.45. The molecule has 2 N–H and O–H groups in total. The zero-order valence-corrected chi connectivity index (χ0v) is 10.3. The predicted molar refractivity (Wildman–Crippen MR) is 69.3 cm³/mol. The largest absolute Gasteiger partial charge is 0.365 e. The Morgan fingerprint density at radius 3 is 2.76 bits per heavy atom. The molecule has 88 valence electrons. The van der Waals surface area contributed by atoms with Gasteiger partial charge in [0.05, 0.1) is 12.2 Å². The standard InChI is InChI=1S/C12H13N3OS/c1-13-12-15-10(8-17-12)7-14-11(16)9-5-3-2-4-6-9/h2-6,8H,7H2,1H3,(H,13,15)(H,14,16). The quantitative estimate of drug-likeness (QED) is 0.870. The van der Waals surface area contributed by atoms with Crippen LogP contribution in [0.1, 0.15) is 16.1 Å². The van der Waals surface area contributed by atoms with Gasteiger partial charge < -0.3 is 10.6 Å². The first-order valence-corrected chi connectivity index (χ1v) is 6.13. The maximum atomic E-state index is 11.7. The lowest BCUT2D eigenvalue weighted by atomic mass is 10.2. The highest BCUT2D eigenvalue weighted by Gasteiger charge is 2.05. The maximum Gasteiger partial charge on any atom is 0.251 e. The number of nitrogens with one attached hydrogen (secondary N) is 2. The highest BCUT2D eigenvalue weighted by molar-refractivity contribution is 7.13. The summed E-state index contributed by atoms with van der Waals surface area (Å²) in [6.07, 6.45) is 0. The molecule has 5 heteroatoms. The fourth-order valence-electron chi connectivity index (χ4n) is 1.37. The molecule has 0 spiro atoms. The van der Waals surface area contributed by atoms with Crippen molar-refractivity contribution in [2.45, 2.75) is 6.54 Å². The number of amides is 1. The number of hydrogen-bond donors (Lipinski definition) is 2. The maximum absolute atomic E-state index is 11.7. The topological polar surface area (TPSA) is 54.0 Å². The van der Waals surface area contributed by atoms with Crippen molar-refractivity contribution >= 4 is 22.4 Å². The molecule has 0 fully saturated rings. The molecule has 0 saturated heterocycles. The Hall–Kier alpha value is -1.88. The first-order chi connectivity index (χ1) is 8.29. The monoisotopic (exact) mass is 247 g/mol. The van der Waals surface area contributed by atoms with Crippen LogP contribution in [0.15, 0.2) is 35.7 Å². The molecule has 0 radical (unpaired) electrons. The van der Waals surface area contributed by atoms with Crippen LogP contribution in [-0.4, -0.2) is 17.9 Å². The normalized spacial score (nSPS) is 9.94. The van der Waals surface area contributed by atoms with Crippen molar-refractivity contribution in [1.29, 1.82) is 0 Å². The minimum absolute atomic E-state index is 0.0791. The molecule has 2 rings (SSSR count). The third-order valence-corrected chi connectivity index (χ3v) is 3.14. The van der Waals surface area contributed by atoms with Crippen LogP contribution in [0.3, 0.4) is 0 Å². The van der Waals surface area contributed by atoms with Crippen LogP contribution in [0, 0.1) is 0 Å². The Kier molecular flexibility index (Phi) is 3.72. The van der Waals surface area contributed by atoms with Crippen LogP contribution >= 0.6 is 11.3 Å². The summed E-state index contributed by atoms with van der Waals surface area (Å²) in [5.74, 6) is -0.0791. The molecule has 0 aliphatic heterocycles. The predicted octanol–water partition coefficient (Wildman–Crippen LogP) is 2.11. The van der Waals surface area contributed by atoms with Crippen molar-refractivity contribution in [3.8, 4) is 0 Å². The molecule has 1 amide bonds. The number of nitrogens with zero attached hydrogens (tertiary/aromatic N) is 1. The van der Waals surface area contributed by atoms with Gasteiger partial charge >= 0.3 is 0 Å². The average molecular weight is 247 g/mol. The third kappa shape index (κ3) is 3.04. The van der Waals surface area contributed by atoms with Crippen molar-refractivity contribution in [2.75, 3.05) is 12.4 Å². The number of anilines is 1. The molecular formula is C12H13N3OS. The summed E-state index contributed by atoms with van der Waals surface area (Å²) in [5.41, 5.74) is 1.53. The Bertz CT molecular complexity index is 495. The van der Waals surface area contributed by atoms with Crippen molar-refractivity contribution in [1.82, 2.24) is 10.3 Å². The van der Waals surface area contributed by atoms with Crippen LogP contribution in [0.25, 0.3) is 0 Å². The number of aromatic nitrogens is 1. The van der Waals surface area contributed by atoms with E-state index >= 15 is 0 Å². The zero-order valence-electron chi connectivity index (χ0n) is 9.43. The van der Waals surface area contributed by atoms with Gasteiger partial charge in [0.1, 0.15) is 0 Å². The third-order valence-electron chi connectivity index (χ3n) is 2.23. The fourth-order valence-corrected chi connectivity index (χ4v) is 2.04. The second-order valence-electron chi connectivity index (χ2n) is 3.44. The molecule has 0 unspecified atom stereocenters. The number of hydrogen-bond acceptors (Lipinski definition) is 4. The lowest BCUT2D eigenvalue weighted by Crippen LogP contribution is -2.22. The van der Waals surface area contributed by atoms with Crippen LogP contribution in [-0.2, 0) is 6.54 Å². The molecule has 0 bridgehead atoms. The van der Waals surface area contributed by atoms with E-state index in [0.29, 0.717) is 12.1 Å². The Labute approximate surface area is 104 Å². The Morgan fingerprint density at radius 1 is 1.35 bits per heavy atom. The zero-order chi connectivity index (χ0) is 12.1. The van der Waals surface area contributed by atoms with Crippen LogP contribution in [0.4, 0.5) is 5.13 Å². The number of thiazole rings is 1. The summed E-state index contributed by atoms with van der Waals surface area (Å²) in [6, 6.07) is 9.15. The van der Waals surface area contributed by atoms with Crippen LogP contribution < -0.4 is 10.6 Å². The van der Waals surface area contributed by atoms with Crippen molar-refractivity contribution in [3.63, 3.8) is 0 Å². The fraction of sp³-hybridized carbons (Fsp3) is 0.167. The lowest BCUT2D eigenvalue weighted by molar-refractivity contribution is 0.0950. The first kappa shape index (κ1) is 11.6. The summed E-state index contributed by atoms with van der Waals surface area (Å²) in [4.78, 5) is 16.0. The van der Waals surface area contributed by atoms with Gasteiger partial charge in [0.25, 0.3) is 5.91 Å². The van der Waals surface area contributed by atoms with E-state index in [1.54, 1.807) is 12.1 Å². The Balaban J connectivity index is 1.92. The highest BCUT2D eigenvalue weighted by atomic mass is 32.1. The minimum Gasteiger partial charge on any atom is -0.365 e. The van der Waals surface area contributed by atoms with Crippen LogP contribution in [0.2, 0.25) is 0 Å². The molecule has 2 aromatic rings. The summed E-state index contributed by atoms with van der Waals surface area (Å²) in [6.45, 7) is 0.450. The van der Waals surface area contributed by atoms with E-state index in [-0.39, 0.29) is 5.91 Å². The van der Waals surface area contributed by atoms with Gasteiger partial charge in [-0.1, -0.05) is 18.2 Å². The molecule has 1 aromatic carbocycles. The molecule has 0 atom stereocenters. The minimum atomic E-state index is -0.0791. The van der Waals surface area contributed by atoms with Gasteiger partial charge in [-0.05, 0) is 12.1 Å². The summed E-state index contributed by atoms with van der Waals surface area (Å²) in [7, 11) is 1.82. The lowest BCUT2D eigenvalue weighted by Gasteiger charge is -2.02. The number of benzene rings is 1. The number of carbonyl (C=O) groups excluding carboxylic acids is 1. The Morgan fingerprint density at radius 2 is 2.12 bits per heavy atom. The van der Waals surface area contributed by atoms with E-state index in [1.165, 1.54) is 11.3 Å². The van der Waals surface area contributed by atoms with E-state index in [4.69, 9.17) is 0 Å². The van der Waals surface area contributed by atoms with Crippen molar-refractivity contribution in [3.05, 3.63) is 47.0 Å². The van der Waals surface area contributed by atoms with E-state index in [9.17, 15) is 4.79 Å². The van der Waals surface area contributed by atoms with Gasteiger partial charge in [-0.15, -0.1) is 11.3 Å². The second-order valence-corrected chi connectivity index (χ2v) is 4.30. The summed E-state index contributed by atoms with van der Waals surface area (Å²) in [5, 5.41) is 8.57. The molecule has 17 heavy (non-hydrogen) atoms. The average Bonchev–Trinajstić information content (AvgIpc) is 2.85. The smallest absolute Gasteiger partial charge is 0.251 e. The van der Waals surface area contributed by atoms with E-state index in [1.807, 2.05) is 30.6 Å². The highest BCUT2D eigenvalue weighted by Crippen LogP contribution is 2.14. The number of carbonyl (C=O) groups is 1. The molecule has 0 aliphatic rings. The molecule has 4 nitrogen and oxygen atoms in total. The molecular weight excluding hydrogens is 234 g/mol. The van der Waals surface area contributed by atoms with Gasteiger partial charge in [-0.3, -0.25) is 4.79 Å². The molecule has 0 saturated carbocycles. The van der Waals surface area contributed by atoms with E-state index in [2.05, 4.69) is 15.6 Å². The van der Waals surface area contributed by atoms with Crippen molar-refractivity contribution in [2.24, 2.45) is 0 Å². The van der Waals surface area contributed by atoms with E-state index in [0.717, 1.165) is 10.8 Å². The van der Waals surface area contributed by atoms with Gasteiger partial charge in [-0.25, -0.2) is 4.98 Å². The van der Waals surface area contributed by atoms with Crippen molar-refractivity contribution < 1.29 is 4.79 Å². The summed E-state index contributed by atoms with van der Waals surface area (Å²) >= 11 is 1.52. The van der Waals surface area contributed by atoms with Gasteiger partial charge in [0.15, 0.2) is 5.13 Å². The van der Waals surface area contributed by atoms with Gasteiger partial charge in [0.2, 0.25) is 0 Å². The first-order valence-electron chi connectivity index (χ1n) is 5.25. The van der Waals surface area contributed by atoms with Gasteiger partial charge in [0, 0.05) is 18.0 Å².